The van der Waals surface area contributed by atoms with Gasteiger partial charge < -0.3 is 5.11 Å². The summed E-state index contributed by atoms with van der Waals surface area (Å²) in [6.07, 6.45) is 0. The van der Waals surface area contributed by atoms with Gasteiger partial charge in [0, 0.05) is 14.4 Å². The van der Waals surface area contributed by atoms with E-state index in [1.807, 2.05) is 0 Å². The van der Waals surface area contributed by atoms with Crippen LogP contribution in [-0.4, -0.2) is 15.3 Å². The molecule has 0 aliphatic carbocycles. The molecule has 110 valence electrons. The van der Waals surface area contributed by atoms with Gasteiger partial charge in [0.05, 0.1) is 22.1 Å². The number of carboxylic acids is 1. The molecule has 3 nitrogen and oxygen atoms in total. The molecule has 2 aromatic carbocycles. The lowest BCUT2D eigenvalue weighted by molar-refractivity contribution is 0.0695. The van der Waals surface area contributed by atoms with Gasteiger partial charge in [-0.3, -0.25) is 4.21 Å². The lowest BCUT2D eigenvalue weighted by atomic mass is 10.2. The Morgan fingerprint density at radius 3 is 2.67 bits per heavy atom. The van der Waals surface area contributed by atoms with E-state index in [1.165, 1.54) is 30.3 Å². The molecule has 0 bridgehead atoms. The Balaban J connectivity index is 2.30. The molecule has 0 aliphatic heterocycles. The molecular formula is C14H9BrClFO3S. The molecule has 2 aromatic rings. The van der Waals surface area contributed by atoms with E-state index in [0.29, 0.717) is 20.0 Å². The van der Waals surface area contributed by atoms with Crippen molar-refractivity contribution in [3.05, 3.63) is 62.8 Å². The van der Waals surface area contributed by atoms with Crippen LogP contribution < -0.4 is 0 Å². The molecule has 0 amide bonds. The van der Waals surface area contributed by atoms with Gasteiger partial charge in [-0.05, 0) is 57.9 Å². The van der Waals surface area contributed by atoms with Crippen molar-refractivity contribution in [1.82, 2.24) is 0 Å². The first-order valence-electron chi connectivity index (χ1n) is 5.73. The van der Waals surface area contributed by atoms with E-state index in [0.717, 1.165) is 0 Å². The van der Waals surface area contributed by atoms with Crippen molar-refractivity contribution < 1.29 is 18.5 Å². The summed E-state index contributed by atoms with van der Waals surface area (Å²) in [5.74, 6) is -1.57. The molecule has 0 heterocycles. The minimum absolute atomic E-state index is 0.0112. The second-order valence-electron chi connectivity index (χ2n) is 4.17. The molecule has 0 saturated heterocycles. The Kier molecular flexibility index (Phi) is 5.13. The number of carbonyl (C=O) groups is 1. The van der Waals surface area contributed by atoms with Crippen molar-refractivity contribution in [1.29, 1.82) is 0 Å². The topological polar surface area (TPSA) is 54.4 Å². The third-order valence-electron chi connectivity index (χ3n) is 2.73. The van der Waals surface area contributed by atoms with Gasteiger partial charge in [0.15, 0.2) is 0 Å². The second-order valence-corrected chi connectivity index (χ2v) is 6.89. The van der Waals surface area contributed by atoms with Gasteiger partial charge in [-0.1, -0.05) is 11.6 Å². The lowest BCUT2D eigenvalue weighted by Crippen LogP contribution is -2.02. The van der Waals surface area contributed by atoms with Crippen molar-refractivity contribution in [2.24, 2.45) is 0 Å². The molecule has 0 radical (unpaired) electrons. The van der Waals surface area contributed by atoms with Crippen LogP contribution in [0.5, 0.6) is 0 Å². The number of aromatic carboxylic acids is 1. The Hall–Kier alpha value is -1.24. The number of benzene rings is 2. The zero-order valence-corrected chi connectivity index (χ0v) is 13.6. The Bertz CT molecular complexity index is 736. The lowest BCUT2D eigenvalue weighted by Gasteiger charge is -2.07. The van der Waals surface area contributed by atoms with Crippen molar-refractivity contribution >= 4 is 44.3 Å². The predicted molar refractivity (Wildman–Crippen MR) is 82.6 cm³/mol. The van der Waals surface area contributed by atoms with E-state index >= 15 is 0 Å². The van der Waals surface area contributed by atoms with Gasteiger partial charge in [0.25, 0.3) is 0 Å². The summed E-state index contributed by atoms with van der Waals surface area (Å²) in [6.45, 7) is 0. The van der Waals surface area contributed by atoms with Crippen LogP contribution in [0.4, 0.5) is 4.39 Å². The summed E-state index contributed by atoms with van der Waals surface area (Å²) in [4.78, 5) is 11.4. The highest BCUT2D eigenvalue weighted by atomic mass is 79.9. The summed E-state index contributed by atoms with van der Waals surface area (Å²) in [5, 5.41) is 9.36. The normalized spacial score (nSPS) is 12.1. The van der Waals surface area contributed by atoms with Gasteiger partial charge in [-0.25, -0.2) is 9.18 Å². The highest BCUT2D eigenvalue weighted by Gasteiger charge is 2.14. The second kappa shape index (κ2) is 6.68. The van der Waals surface area contributed by atoms with Crippen LogP contribution in [0.15, 0.2) is 45.8 Å². The summed E-state index contributed by atoms with van der Waals surface area (Å²) in [6, 6.07) is 8.24. The fourth-order valence-electron chi connectivity index (χ4n) is 1.69. The van der Waals surface area contributed by atoms with Gasteiger partial charge in [-0.15, -0.1) is 0 Å². The van der Waals surface area contributed by atoms with Gasteiger partial charge >= 0.3 is 5.97 Å². The smallest absolute Gasteiger partial charge is 0.336 e. The number of hydrogen-bond acceptors (Lipinski definition) is 2. The van der Waals surface area contributed by atoms with Crippen LogP contribution in [0.25, 0.3) is 0 Å². The molecule has 0 fully saturated rings. The van der Waals surface area contributed by atoms with Crippen molar-refractivity contribution in [2.45, 2.75) is 10.6 Å². The summed E-state index contributed by atoms with van der Waals surface area (Å²) in [5.41, 5.74) is 0.431. The highest BCUT2D eigenvalue weighted by Crippen LogP contribution is 2.24. The van der Waals surface area contributed by atoms with Crippen LogP contribution in [0, 0.1) is 5.82 Å². The van der Waals surface area contributed by atoms with Gasteiger partial charge in [0.2, 0.25) is 0 Å². The Morgan fingerprint density at radius 1 is 1.29 bits per heavy atom. The first-order chi connectivity index (χ1) is 9.88. The summed E-state index contributed by atoms with van der Waals surface area (Å²) >= 11 is 9.05. The molecule has 0 aromatic heterocycles. The molecule has 0 spiro atoms. The van der Waals surface area contributed by atoms with Crippen LogP contribution in [0.3, 0.4) is 0 Å². The molecule has 7 heteroatoms. The molecule has 2 rings (SSSR count). The zero-order valence-electron chi connectivity index (χ0n) is 10.5. The largest absolute Gasteiger partial charge is 0.478 e. The standard InChI is InChI=1S/C14H9BrClFO3S/c15-12-3-2-10(6-11(12)14(18)19)21(20)7-8-5-9(17)1-4-13(8)16/h1-6H,7H2,(H,18,19). The quantitative estimate of drug-likeness (QED) is 0.848. The molecule has 1 N–H and O–H groups in total. The maximum atomic E-state index is 13.2. The van der Waals surface area contributed by atoms with E-state index in [9.17, 15) is 13.4 Å². The Morgan fingerprint density at radius 2 is 2.00 bits per heavy atom. The first-order valence-corrected chi connectivity index (χ1v) is 8.22. The Labute approximate surface area is 136 Å². The minimum atomic E-state index is -1.52. The van der Waals surface area contributed by atoms with E-state index in [1.54, 1.807) is 6.07 Å². The molecule has 0 saturated carbocycles. The SMILES string of the molecule is O=C(O)c1cc(S(=O)Cc2cc(F)ccc2Cl)ccc1Br. The fraction of sp³-hybridized carbons (Fsp3) is 0.0714. The van der Waals surface area contributed by atoms with E-state index in [2.05, 4.69) is 15.9 Å². The molecular weight excluding hydrogens is 383 g/mol. The summed E-state index contributed by atoms with van der Waals surface area (Å²) in [7, 11) is -1.52. The van der Waals surface area contributed by atoms with Gasteiger partial charge in [0.1, 0.15) is 5.82 Å². The van der Waals surface area contributed by atoms with Crippen molar-refractivity contribution in [2.75, 3.05) is 0 Å². The minimum Gasteiger partial charge on any atom is -0.478 e. The molecule has 21 heavy (non-hydrogen) atoms. The summed E-state index contributed by atoms with van der Waals surface area (Å²) < 4.78 is 25.9. The first kappa shape index (κ1) is 16.1. The molecule has 1 unspecified atom stereocenters. The molecule has 0 aliphatic rings. The maximum Gasteiger partial charge on any atom is 0.336 e. The van der Waals surface area contributed by atoms with Crippen LogP contribution in [-0.2, 0) is 16.6 Å². The van der Waals surface area contributed by atoms with Crippen LogP contribution >= 0.6 is 27.5 Å². The number of halogens is 3. The van der Waals surface area contributed by atoms with E-state index in [4.69, 9.17) is 16.7 Å². The van der Waals surface area contributed by atoms with E-state index in [-0.39, 0.29) is 11.3 Å². The third kappa shape index (κ3) is 3.90. The average Bonchev–Trinajstić information content (AvgIpc) is 2.43. The number of hydrogen-bond donors (Lipinski definition) is 1. The molecule has 1 atom stereocenters. The van der Waals surface area contributed by atoms with Crippen LogP contribution in [0.2, 0.25) is 5.02 Å². The van der Waals surface area contributed by atoms with Crippen molar-refractivity contribution in [3.8, 4) is 0 Å². The van der Waals surface area contributed by atoms with Crippen LogP contribution in [0.1, 0.15) is 15.9 Å². The monoisotopic (exact) mass is 390 g/mol. The highest BCUT2D eigenvalue weighted by molar-refractivity contribution is 9.10. The predicted octanol–water partition coefficient (Wildman–Crippen LogP) is 4.25. The van der Waals surface area contributed by atoms with E-state index < -0.39 is 22.6 Å². The van der Waals surface area contributed by atoms with Gasteiger partial charge in [-0.2, -0.15) is 0 Å². The van der Waals surface area contributed by atoms with Crippen molar-refractivity contribution in [3.63, 3.8) is 0 Å². The third-order valence-corrected chi connectivity index (χ3v) is 5.14. The number of rotatable bonds is 4. The average molecular weight is 392 g/mol. The zero-order chi connectivity index (χ0) is 15.6. The number of carboxylic acid groups (broad SMARTS) is 1. The maximum absolute atomic E-state index is 13.2. The fourth-order valence-corrected chi connectivity index (χ4v) is 3.53.